The molecule has 1 aliphatic rings. The SMILES string of the molecule is C=C(c1ccc(S(=O)(=O)NC(C)(C)C)cc1C(F)(F)F)N1CCOc2ccc(-c3ccc4nc(C)[nH]c4c3)cc2C1. The average molecular weight is 585 g/mol. The van der Waals surface area contributed by atoms with Gasteiger partial charge in [0.1, 0.15) is 18.2 Å². The zero-order chi connectivity index (χ0) is 29.7. The van der Waals surface area contributed by atoms with E-state index in [0.717, 1.165) is 33.5 Å². The summed E-state index contributed by atoms with van der Waals surface area (Å²) in [6, 6.07) is 14.7. The fourth-order valence-corrected chi connectivity index (χ4v) is 6.37. The molecule has 1 aromatic heterocycles. The van der Waals surface area contributed by atoms with Crippen LogP contribution in [0.15, 0.2) is 66.1 Å². The summed E-state index contributed by atoms with van der Waals surface area (Å²) in [7, 11) is -4.18. The number of benzene rings is 3. The van der Waals surface area contributed by atoms with Crippen LogP contribution in [0.3, 0.4) is 0 Å². The second-order valence-corrected chi connectivity index (χ2v) is 12.8. The van der Waals surface area contributed by atoms with Crippen LogP contribution in [0.2, 0.25) is 0 Å². The number of imidazole rings is 1. The minimum atomic E-state index is -4.80. The molecule has 0 amide bonds. The van der Waals surface area contributed by atoms with Crippen molar-refractivity contribution in [3.63, 3.8) is 0 Å². The number of aryl methyl sites for hydroxylation is 1. The third-order valence-corrected chi connectivity index (χ3v) is 8.47. The van der Waals surface area contributed by atoms with Crippen LogP contribution in [0.5, 0.6) is 5.75 Å². The molecule has 216 valence electrons. The van der Waals surface area contributed by atoms with Crippen LogP contribution < -0.4 is 9.46 Å². The Hall–Kier alpha value is -3.83. The van der Waals surface area contributed by atoms with Gasteiger partial charge in [-0.1, -0.05) is 24.8 Å². The molecule has 41 heavy (non-hydrogen) atoms. The van der Waals surface area contributed by atoms with Crippen molar-refractivity contribution in [3.8, 4) is 16.9 Å². The molecule has 0 spiro atoms. The Balaban J connectivity index is 1.47. The molecule has 0 saturated carbocycles. The Morgan fingerprint density at radius 1 is 1.05 bits per heavy atom. The summed E-state index contributed by atoms with van der Waals surface area (Å²) in [6.07, 6.45) is -4.80. The van der Waals surface area contributed by atoms with Gasteiger partial charge in [-0.3, -0.25) is 0 Å². The van der Waals surface area contributed by atoms with E-state index in [2.05, 4.69) is 21.3 Å². The number of sulfonamides is 1. The van der Waals surface area contributed by atoms with Gasteiger partial charge < -0.3 is 14.6 Å². The molecule has 7 nitrogen and oxygen atoms in total. The Morgan fingerprint density at radius 2 is 1.76 bits per heavy atom. The van der Waals surface area contributed by atoms with Gasteiger partial charge >= 0.3 is 6.18 Å². The van der Waals surface area contributed by atoms with Crippen LogP contribution in [-0.2, 0) is 22.7 Å². The molecule has 1 aliphatic heterocycles. The Labute approximate surface area is 237 Å². The molecule has 0 atom stereocenters. The molecular formula is C30H31F3N4O3S. The molecule has 0 saturated heterocycles. The summed E-state index contributed by atoms with van der Waals surface area (Å²) >= 11 is 0. The maximum atomic E-state index is 14.2. The van der Waals surface area contributed by atoms with E-state index in [0.29, 0.717) is 18.4 Å². The summed E-state index contributed by atoms with van der Waals surface area (Å²) < 4.78 is 76.6. The first-order valence-electron chi connectivity index (χ1n) is 13.0. The highest BCUT2D eigenvalue weighted by Crippen LogP contribution is 2.39. The number of ether oxygens (including phenoxy) is 1. The number of aromatic amines is 1. The van der Waals surface area contributed by atoms with Crippen molar-refractivity contribution in [2.24, 2.45) is 0 Å². The van der Waals surface area contributed by atoms with E-state index < -0.39 is 32.2 Å². The lowest BCUT2D eigenvalue weighted by Crippen LogP contribution is -2.40. The lowest BCUT2D eigenvalue weighted by atomic mass is 10.0. The highest BCUT2D eigenvalue weighted by Gasteiger charge is 2.37. The molecule has 2 N–H and O–H groups in total. The molecule has 5 rings (SSSR count). The molecular weight excluding hydrogens is 553 g/mol. The highest BCUT2D eigenvalue weighted by atomic mass is 32.2. The lowest BCUT2D eigenvalue weighted by Gasteiger charge is -2.27. The number of halogens is 3. The number of alkyl halides is 3. The average Bonchev–Trinajstić information content (AvgIpc) is 3.11. The van der Waals surface area contributed by atoms with Gasteiger partial charge in [-0.05, 0) is 75.2 Å². The molecule has 0 aliphatic carbocycles. The molecule has 0 radical (unpaired) electrons. The summed E-state index contributed by atoms with van der Waals surface area (Å²) in [6.45, 7) is 11.5. The van der Waals surface area contributed by atoms with Gasteiger partial charge in [0, 0.05) is 28.9 Å². The minimum absolute atomic E-state index is 0.126. The quantitative estimate of drug-likeness (QED) is 0.280. The molecule has 2 heterocycles. The van der Waals surface area contributed by atoms with Crippen molar-refractivity contribution in [2.75, 3.05) is 13.2 Å². The van der Waals surface area contributed by atoms with Gasteiger partial charge in [0.25, 0.3) is 0 Å². The second kappa shape index (κ2) is 10.2. The number of nitrogens with one attached hydrogen (secondary N) is 2. The van der Waals surface area contributed by atoms with Gasteiger partial charge in [-0.15, -0.1) is 0 Å². The van der Waals surface area contributed by atoms with Crippen LogP contribution in [0.25, 0.3) is 27.9 Å². The van der Waals surface area contributed by atoms with E-state index in [9.17, 15) is 21.6 Å². The van der Waals surface area contributed by atoms with Crippen molar-refractivity contribution in [3.05, 3.63) is 83.7 Å². The number of H-pyrrole nitrogens is 1. The number of hydrogen-bond acceptors (Lipinski definition) is 5. The van der Waals surface area contributed by atoms with Crippen molar-refractivity contribution in [1.29, 1.82) is 0 Å². The first kappa shape index (κ1) is 28.7. The highest BCUT2D eigenvalue weighted by molar-refractivity contribution is 7.89. The molecule has 3 aromatic carbocycles. The fourth-order valence-electron chi connectivity index (χ4n) is 4.93. The standard InChI is InChI=1S/C30H31F3N4O3S/c1-18(24-9-8-23(16-25(24)30(31,32)33)41(38,39)36-29(3,4)5)37-12-13-40-28-11-7-20(14-22(28)17-37)21-6-10-26-27(15-21)35-19(2)34-26/h6-11,14-16,36H,1,12-13,17H2,2-5H3,(H,34,35). The van der Waals surface area contributed by atoms with Crippen molar-refractivity contribution in [2.45, 2.75) is 50.9 Å². The molecule has 4 aromatic rings. The third-order valence-electron chi connectivity index (χ3n) is 6.71. The Kier molecular flexibility index (Phi) is 7.15. The van der Waals surface area contributed by atoms with Gasteiger partial charge in [0.05, 0.1) is 28.0 Å². The predicted molar refractivity (Wildman–Crippen MR) is 153 cm³/mol. The van der Waals surface area contributed by atoms with E-state index in [4.69, 9.17) is 4.74 Å². The number of nitrogens with zero attached hydrogens (tertiary/aromatic N) is 2. The van der Waals surface area contributed by atoms with Gasteiger partial charge in [-0.25, -0.2) is 18.1 Å². The van der Waals surface area contributed by atoms with Crippen LogP contribution in [-0.4, -0.2) is 42.0 Å². The molecule has 11 heteroatoms. The summed E-state index contributed by atoms with van der Waals surface area (Å²) in [5, 5.41) is 0. The summed E-state index contributed by atoms with van der Waals surface area (Å²) in [4.78, 5) is 8.93. The molecule has 0 bridgehead atoms. The van der Waals surface area contributed by atoms with Crippen LogP contribution >= 0.6 is 0 Å². The largest absolute Gasteiger partial charge is 0.491 e. The molecule has 0 unspecified atom stereocenters. The monoisotopic (exact) mass is 584 g/mol. The second-order valence-electron chi connectivity index (χ2n) is 11.2. The number of hydrogen-bond donors (Lipinski definition) is 2. The van der Waals surface area contributed by atoms with Crippen molar-refractivity contribution in [1.82, 2.24) is 19.6 Å². The van der Waals surface area contributed by atoms with Gasteiger partial charge in [0.15, 0.2) is 0 Å². The zero-order valence-corrected chi connectivity index (χ0v) is 24.0. The first-order chi connectivity index (χ1) is 19.1. The Morgan fingerprint density at radius 3 is 2.46 bits per heavy atom. The number of fused-ring (bicyclic) bond motifs is 2. The number of aromatic nitrogens is 2. The predicted octanol–water partition coefficient (Wildman–Crippen LogP) is 6.50. The summed E-state index contributed by atoms with van der Waals surface area (Å²) in [5.74, 6) is 1.46. The molecule has 0 fully saturated rings. The van der Waals surface area contributed by atoms with Crippen molar-refractivity contribution >= 4 is 26.8 Å². The van der Waals surface area contributed by atoms with Crippen LogP contribution in [0.4, 0.5) is 13.2 Å². The number of rotatable bonds is 5. The smallest absolute Gasteiger partial charge is 0.417 e. The van der Waals surface area contributed by atoms with Gasteiger partial charge in [-0.2, -0.15) is 13.2 Å². The minimum Gasteiger partial charge on any atom is -0.491 e. The van der Waals surface area contributed by atoms with E-state index in [1.54, 1.807) is 25.7 Å². The van der Waals surface area contributed by atoms with Gasteiger partial charge in [0.2, 0.25) is 10.0 Å². The van der Waals surface area contributed by atoms with E-state index >= 15 is 0 Å². The fraction of sp³-hybridized carbons (Fsp3) is 0.300. The topological polar surface area (TPSA) is 87.3 Å². The zero-order valence-electron chi connectivity index (χ0n) is 23.2. The maximum absolute atomic E-state index is 14.2. The lowest BCUT2D eigenvalue weighted by molar-refractivity contribution is -0.138. The normalized spacial score (nSPS) is 14.5. The van der Waals surface area contributed by atoms with Crippen molar-refractivity contribution < 1.29 is 26.3 Å². The Bertz CT molecular complexity index is 1760. The van der Waals surface area contributed by atoms with Crippen LogP contribution in [0.1, 0.15) is 43.3 Å². The first-order valence-corrected chi connectivity index (χ1v) is 14.5. The van der Waals surface area contributed by atoms with Crippen LogP contribution in [0, 0.1) is 6.92 Å². The van der Waals surface area contributed by atoms with E-state index in [1.165, 1.54) is 12.1 Å². The summed E-state index contributed by atoms with van der Waals surface area (Å²) in [5.41, 5.74) is 2.45. The maximum Gasteiger partial charge on any atom is 0.417 e. The van der Waals surface area contributed by atoms with E-state index in [1.807, 2.05) is 43.3 Å². The third kappa shape index (κ3) is 6.11. The van der Waals surface area contributed by atoms with E-state index in [-0.39, 0.29) is 24.4 Å².